The topological polar surface area (TPSA) is 24.4 Å². The van der Waals surface area contributed by atoms with Gasteiger partial charge in [0.1, 0.15) is 0 Å². The zero-order valence-electron chi connectivity index (χ0n) is 10.1. The number of alkyl halides is 3. The van der Waals surface area contributed by atoms with E-state index in [0.717, 1.165) is 34.5 Å². The molecule has 0 atom stereocenters. The lowest BCUT2D eigenvalue weighted by Gasteiger charge is -2.13. The van der Waals surface area contributed by atoms with Gasteiger partial charge in [-0.2, -0.15) is 13.2 Å². The first-order valence-corrected chi connectivity index (χ1v) is 6.58. The third-order valence-electron chi connectivity index (χ3n) is 3.00. The summed E-state index contributed by atoms with van der Waals surface area (Å²) < 4.78 is 44.6. The molecule has 6 heteroatoms. The number of nitrogens with zero attached hydrogens (tertiary/aromatic N) is 1. The first-order valence-electron chi connectivity index (χ1n) is 5.81. The highest BCUT2D eigenvalue weighted by Gasteiger charge is 2.29. The van der Waals surface area contributed by atoms with Gasteiger partial charge in [-0.3, -0.25) is 0 Å². The summed E-state index contributed by atoms with van der Waals surface area (Å²) in [4.78, 5) is 0. The van der Waals surface area contributed by atoms with E-state index in [4.69, 9.17) is 0 Å². The molecule has 1 N–H and O–H groups in total. The highest BCUT2D eigenvalue weighted by molar-refractivity contribution is 7.99. The Morgan fingerprint density at radius 1 is 0.950 bits per heavy atom. The SMILES string of the molecule is FC(F)(F)c1ccc(-c2ccc3c(c2)C=NSN3)cc1. The van der Waals surface area contributed by atoms with Gasteiger partial charge in [-0.05, 0) is 35.4 Å². The van der Waals surface area contributed by atoms with Crippen molar-refractivity contribution in [2.75, 3.05) is 4.72 Å². The summed E-state index contributed by atoms with van der Waals surface area (Å²) in [7, 11) is 0. The largest absolute Gasteiger partial charge is 0.416 e. The van der Waals surface area contributed by atoms with Crippen molar-refractivity contribution in [2.24, 2.45) is 4.40 Å². The molecule has 0 amide bonds. The Balaban J connectivity index is 1.96. The maximum atomic E-state index is 12.5. The van der Waals surface area contributed by atoms with E-state index in [1.807, 2.05) is 18.2 Å². The van der Waals surface area contributed by atoms with E-state index >= 15 is 0 Å². The number of hydrogen-bond donors (Lipinski definition) is 1. The Bertz CT molecular complexity index is 663. The molecule has 0 aliphatic carbocycles. The van der Waals surface area contributed by atoms with Gasteiger partial charge in [-0.1, -0.05) is 18.2 Å². The maximum absolute atomic E-state index is 12.5. The minimum Gasteiger partial charge on any atom is -0.310 e. The highest BCUT2D eigenvalue weighted by Crippen LogP contribution is 2.32. The van der Waals surface area contributed by atoms with Gasteiger partial charge in [0, 0.05) is 11.8 Å². The van der Waals surface area contributed by atoms with Crippen molar-refractivity contribution in [3.05, 3.63) is 53.6 Å². The average molecular weight is 294 g/mol. The quantitative estimate of drug-likeness (QED) is 0.765. The monoisotopic (exact) mass is 294 g/mol. The van der Waals surface area contributed by atoms with Crippen LogP contribution in [0.5, 0.6) is 0 Å². The Morgan fingerprint density at radius 2 is 1.65 bits per heavy atom. The summed E-state index contributed by atoms with van der Waals surface area (Å²) in [6.07, 6.45) is -2.58. The van der Waals surface area contributed by atoms with Crippen LogP contribution in [0.15, 0.2) is 46.9 Å². The molecule has 0 saturated heterocycles. The lowest BCUT2D eigenvalue weighted by Crippen LogP contribution is -2.04. The molecule has 0 spiro atoms. The van der Waals surface area contributed by atoms with E-state index in [0.29, 0.717) is 0 Å². The molecule has 20 heavy (non-hydrogen) atoms. The predicted molar refractivity (Wildman–Crippen MR) is 75.7 cm³/mol. The van der Waals surface area contributed by atoms with Crippen LogP contribution < -0.4 is 4.72 Å². The second-order valence-electron chi connectivity index (χ2n) is 4.30. The van der Waals surface area contributed by atoms with E-state index < -0.39 is 11.7 Å². The van der Waals surface area contributed by atoms with Crippen LogP contribution in [0.3, 0.4) is 0 Å². The normalized spacial score (nSPS) is 13.8. The van der Waals surface area contributed by atoms with Crippen LogP contribution in [0.4, 0.5) is 18.9 Å². The second-order valence-corrected chi connectivity index (χ2v) is 4.90. The molecule has 0 fully saturated rings. The van der Waals surface area contributed by atoms with Crippen LogP contribution in [0.1, 0.15) is 11.1 Å². The molecule has 2 aromatic rings. The predicted octanol–water partition coefficient (Wildman–Crippen LogP) is 4.78. The van der Waals surface area contributed by atoms with Gasteiger partial charge < -0.3 is 4.72 Å². The van der Waals surface area contributed by atoms with Gasteiger partial charge in [-0.25, -0.2) is 4.40 Å². The number of nitrogens with one attached hydrogen (secondary N) is 1. The number of anilines is 1. The van der Waals surface area contributed by atoms with Crippen molar-refractivity contribution in [1.82, 2.24) is 0 Å². The van der Waals surface area contributed by atoms with Crippen LogP contribution in [0, 0.1) is 0 Å². The van der Waals surface area contributed by atoms with Crippen molar-refractivity contribution < 1.29 is 13.2 Å². The second kappa shape index (κ2) is 4.86. The Kier molecular flexibility index (Phi) is 3.17. The summed E-state index contributed by atoms with van der Waals surface area (Å²) in [5.41, 5.74) is 2.82. The number of rotatable bonds is 1. The fourth-order valence-electron chi connectivity index (χ4n) is 1.95. The Hall–Kier alpha value is -1.95. The van der Waals surface area contributed by atoms with Crippen molar-refractivity contribution >= 4 is 24.0 Å². The molecular formula is C14H9F3N2S. The summed E-state index contributed by atoms with van der Waals surface area (Å²) >= 11 is 1.24. The molecule has 102 valence electrons. The smallest absolute Gasteiger partial charge is 0.310 e. The van der Waals surface area contributed by atoms with Crippen LogP contribution in [0.25, 0.3) is 11.1 Å². The lowest BCUT2D eigenvalue weighted by molar-refractivity contribution is -0.137. The van der Waals surface area contributed by atoms with Crippen LogP contribution in [-0.4, -0.2) is 6.21 Å². The zero-order valence-corrected chi connectivity index (χ0v) is 10.9. The fourth-order valence-corrected chi connectivity index (χ4v) is 2.46. The lowest BCUT2D eigenvalue weighted by atomic mass is 10.0. The number of fused-ring (bicyclic) bond motifs is 1. The molecule has 0 unspecified atom stereocenters. The zero-order chi connectivity index (χ0) is 14.2. The summed E-state index contributed by atoms with van der Waals surface area (Å²) in [6.45, 7) is 0. The summed E-state index contributed by atoms with van der Waals surface area (Å²) in [5, 5.41) is 0. The van der Waals surface area contributed by atoms with E-state index in [9.17, 15) is 13.2 Å². The van der Waals surface area contributed by atoms with Crippen molar-refractivity contribution in [3.63, 3.8) is 0 Å². The van der Waals surface area contributed by atoms with Gasteiger partial charge in [-0.15, -0.1) is 0 Å². The van der Waals surface area contributed by atoms with Crippen molar-refractivity contribution in [3.8, 4) is 11.1 Å². The van der Waals surface area contributed by atoms with Crippen LogP contribution in [-0.2, 0) is 6.18 Å². The van der Waals surface area contributed by atoms with Crippen molar-refractivity contribution in [1.29, 1.82) is 0 Å². The van der Waals surface area contributed by atoms with Gasteiger partial charge in [0.15, 0.2) is 0 Å². The van der Waals surface area contributed by atoms with Gasteiger partial charge in [0.05, 0.1) is 23.4 Å². The first-order chi connectivity index (χ1) is 9.54. The molecule has 3 rings (SSSR count). The molecule has 2 aromatic carbocycles. The van der Waals surface area contributed by atoms with Crippen LogP contribution in [0.2, 0.25) is 0 Å². The minimum absolute atomic E-state index is 0.640. The molecule has 0 bridgehead atoms. The number of halogens is 3. The Labute approximate surface area is 118 Å². The number of benzene rings is 2. The molecule has 2 nitrogen and oxygen atoms in total. The minimum atomic E-state index is -4.30. The van der Waals surface area contributed by atoms with E-state index in [1.165, 1.54) is 24.3 Å². The number of hydrogen-bond acceptors (Lipinski definition) is 3. The summed E-state index contributed by atoms with van der Waals surface area (Å²) in [5.74, 6) is 0. The first kappa shape index (κ1) is 13.1. The molecular weight excluding hydrogens is 285 g/mol. The standard InChI is InChI=1S/C14H9F3N2S/c15-14(16,17)12-4-1-9(2-5-12)10-3-6-13-11(7-10)8-18-20-19-13/h1-8,19H. The Morgan fingerprint density at radius 3 is 2.35 bits per heavy atom. The van der Waals surface area contributed by atoms with Gasteiger partial charge >= 0.3 is 6.18 Å². The fraction of sp³-hybridized carbons (Fsp3) is 0.0714. The summed E-state index contributed by atoms with van der Waals surface area (Å²) in [6, 6.07) is 10.8. The van der Waals surface area contributed by atoms with E-state index in [-0.39, 0.29) is 0 Å². The van der Waals surface area contributed by atoms with E-state index in [2.05, 4.69) is 9.12 Å². The highest BCUT2D eigenvalue weighted by atomic mass is 32.2. The van der Waals surface area contributed by atoms with Gasteiger partial charge in [0.2, 0.25) is 0 Å². The third kappa shape index (κ3) is 2.51. The maximum Gasteiger partial charge on any atom is 0.416 e. The molecule has 0 radical (unpaired) electrons. The third-order valence-corrected chi connectivity index (χ3v) is 3.52. The van der Waals surface area contributed by atoms with Crippen molar-refractivity contribution in [2.45, 2.75) is 6.18 Å². The van der Waals surface area contributed by atoms with Gasteiger partial charge in [0.25, 0.3) is 0 Å². The van der Waals surface area contributed by atoms with E-state index in [1.54, 1.807) is 6.21 Å². The molecule has 1 aliphatic rings. The van der Waals surface area contributed by atoms with Crippen LogP contribution >= 0.6 is 12.1 Å². The molecule has 1 aliphatic heterocycles. The molecule has 0 aromatic heterocycles. The molecule has 0 saturated carbocycles. The molecule has 1 heterocycles. The average Bonchev–Trinajstić information content (AvgIpc) is 2.46.